The average Bonchev–Trinajstić information content (AvgIpc) is 3.13. The first-order valence-electron chi connectivity index (χ1n) is 12.0. The number of carbonyl (C=O) groups is 2. The maximum Gasteiger partial charge on any atom is 0.251 e. The van der Waals surface area contributed by atoms with Gasteiger partial charge in [-0.15, -0.1) is 0 Å². The van der Waals surface area contributed by atoms with Crippen LogP contribution in [0.4, 0.5) is 0 Å². The molecule has 0 spiro atoms. The lowest BCUT2D eigenvalue weighted by molar-refractivity contribution is -0.135. The Kier molecular flexibility index (Phi) is 8.64. The zero-order valence-electron chi connectivity index (χ0n) is 20.3. The largest absolute Gasteiger partial charge is 0.352 e. The number of nitrogens with one attached hydrogen (secondary N) is 1. The minimum Gasteiger partial charge on any atom is -0.352 e. The van der Waals surface area contributed by atoms with Gasteiger partial charge in [0.05, 0.1) is 11.0 Å². The van der Waals surface area contributed by atoms with Crippen LogP contribution in [0.25, 0.3) is 11.0 Å². The smallest absolute Gasteiger partial charge is 0.251 e. The Hall–Kier alpha value is -3.15. The molecule has 0 fully saturated rings. The summed E-state index contributed by atoms with van der Waals surface area (Å²) >= 11 is 0. The number of aromatic nitrogens is 2. The monoisotopic (exact) mass is 448 g/mol. The number of imidazole rings is 1. The molecule has 3 aromatic rings. The lowest BCUT2D eigenvalue weighted by Crippen LogP contribution is -2.43. The number of hydrogen-bond donors (Lipinski definition) is 1. The van der Waals surface area contributed by atoms with E-state index in [1.807, 2.05) is 59.5 Å². The minimum absolute atomic E-state index is 0.0317. The van der Waals surface area contributed by atoms with Gasteiger partial charge in [0.2, 0.25) is 5.91 Å². The lowest BCUT2D eigenvalue weighted by Gasteiger charge is -2.31. The Labute approximate surface area is 197 Å². The van der Waals surface area contributed by atoms with E-state index in [0.29, 0.717) is 18.7 Å². The van der Waals surface area contributed by atoms with E-state index in [-0.39, 0.29) is 23.9 Å². The second-order valence-corrected chi connectivity index (χ2v) is 9.02. The van der Waals surface area contributed by atoms with E-state index in [4.69, 9.17) is 4.98 Å². The molecule has 6 nitrogen and oxygen atoms in total. The third kappa shape index (κ3) is 6.44. The van der Waals surface area contributed by atoms with Crippen LogP contribution in [0.5, 0.6) is 0 Å². The van der Waals surface area contributed by atoms with Gasteiger partial charge >= 0.3 is 0 Å². The van der Waals surface area contributed by atoms with E-state index in [9.17, 15) is 9.59 Å². The van der Waals surface area contributed by atoms with Crippen LogP contribution in [0.15, 0.2) is 54.6 Å². The highest BCUT2D eigenvalue weighted by molar-refractivity contribution is 5.94. The highest BCUT2D eigenvalue weighted by Gasteiger charge is 2.22. The van der Waals surface area contributed by atoms with Crippen LogP contribution in [0.2, 0.25) is 0 Å². The summed E-state index contributed by atoms with van der Waals surface area (Å²) in [6, 6.07) is 17.6. The van der Waals surface area contributed by atoms with E-state index in [0.717, 1.165) is 42.5 Å². The normalized spacial score (nSPS) is 11.3. The molecule has 0 aliphatic rings. The van der Waals surface area contributed by atoms with Gasteiger partial charge in [-0.1, -0.05) is 36.8 Å². The summed E-state index contributed by atoms with van der Waals surface area (Å²) in [7, 11) is 0. The van der Waals surface area contributed by atoms with E-state index < -0.39 is 0 Å². The van der Waals surface area contributed by atoms with E-state index in [2.05, 4.69) is 37.6 Å². The number of para-hydroxylation sites is 2. The number of nitrogens with zero attached hydrogens (tertiary/aromatic N) is 3. The van der Waals surface area contributed by atoms with Crippen LogP contribution in [-0.4, -0.2) is 44.9 Å². The third-order valence-electron chi connectivity index (χ3n) is 5.83. The number of aryl methyl sites for hydroxylation is 1. The first-order valence-corrected chi connectivity index (χ1v) is 12.0. The predicted molar refractivity (Wildman–Crippen MR) is 133 cm³/mol. The van der Waals surface area contributed by atoms with Crippen molar-refractivity contribution in [1.82, 2.24) is 19.8 Å². The summed E-state index contributed by atoms with van der Waals surface area (Å²) in [5.74, 6) is 1.04. The first kappa shape index (κ1) is 24.5. The van der Waals surface area contributed by atoms with Gasteiger partial charge in [-0.05, 0) is 64.8 Å². The molecule has 1 aromatic heterocycles. The summed E-state index contributed by atoms with van der Waals surface area (Å²) in [5.41, 5.74) is 2.62. The lowest BCUT2D eigenvalue weighted by atomic mass is 10.1. The van der Waals surface area contributed by atoms with Crippen molar-refractivity contribution in [2.24, 2.45) is 0 Å². The second-order valence-electron chi connectivity index (χ2n) is 9.02. The van der Waals surface area contributed by atoms with E-state index in [1.54, 1.807) is 0 Å². The number of benzene rings is 2. The van der Waals surface area contributed by atoms with E-state index in [1.165, 1.54) is 0 Å². The number of hydrogen-bond acceptors (Lipinski definition) is 3. The van der Waals surface area contributed by atoms with Gasteiger partial charge in [0.15, 0.2) is 0 Å². The summed E-state index contributed by atoms with van der Waals surface area (Å²) in [6.45, 7) is 9.19. The van der Waals surface area contributed by atoms with Gasteiger partial charge in [-0.2, -0.15) is 0 Å². The molecule has 0 radical (unpaired) electrons. The standard InChI is InChI=1S/C27H36N4O2/c1-20(2)31(21(3)4)26(32)19-30-24-16-11-10-15-23(24)29-25(30)17-9-6-12-18-28-27(33)22-13-7-5-8-14-22/h5,7-8,10-11,13-16,20-21H,6,9,12,17-19H2,1-4H3,(H,28,33). The SMILES string of the molecule is CC(C)N(C(=O)Cn1c(CCCCCNC(=O)c2ccccc2)nc2ccccc21)C(C)C. The van der Waals surface area contributed by atoms with E-state index >= 15 is 0 Å². The average molecular weight is 449 g/mol. The molecule has 0 unspecified atom stereocenters. The molecule has 1 N–H and O–H groups in total. The molecule has 6 heteroatoms. The molecular weight excluding hydrogens is 412 g/mol. The van der Waals surface area contributed by atoms with Crippen LogP contribution in [-0.2, 0) is 17.8 Å². The highest BCUT2D eigenvalue weighted by atomic mass is 16.2. The Morgan fingerprint density at radius 2 is 1.58 bits per heavy atom. The molecule has 2 aromatic carbocycles. The van der Waals surface area contributed by atoms with Crippen molar-refractivity contribution in [3.63, 3.8) is 0 Å². The van der Waals surface area contributed by atoms with Gasteiger partial charge in [0.25, 0.3) is 5.91 Å². The topological polar surface area (TPSA) is 67.2 Å². The molecule has 0 saturated heterocycles. The van der Waals surface area contributed by atoms with Crippen molar-refractivity contribution in [2.45, 2.75) is 72.0 Å². The van der Waals surface area contributed by atoms with Gasteiger partial charge < -0.3 is 14.8 Å². The molecule has 3 rings (SSSR count). The highest BCUT2D eigenvalue weighted by Crippen LogP contribution is 2.19. The maximum atomic E-state index is 13.1. The van der Waals surface area contributed by atoms with Crippen molar-refractivity contribution >= 4 is 22.8 Å². The summed E-state index contributed by atoms with van der Waals surface area (Å²) < 4.78 is 2.08. The van der Waals surface area contributed by atoms with Gasteiger partial charge in [0.1, 0.15) is 12.4 Å². The van der Waals surface area contributed by atoms with Gasteiger partial charge in [-0.3, -0.25) is 9.59 Å². The first-order chi connectivity index (χ1) is 15.9. The number of rotatable bonds is 11. The van der Waals surface area contributed by atoms with Gasteiger partial charge in [-0.25, -0.2) is 4.98 Å². The molecule has 0 saturated carbocycles. The zero-order chi connectivity index (χ0) is 23.8. The molecule has 0 atom stereocenters. The molecule has 33 heavy (non-hydrogen) atoms. The zero-order valence-corrected chi connectivity index (χ0v) is 20.3. The van der Waals surface area contributed by atoms with Crippen LogP contribution >= 0.6 is 0 Å². The fraction of sp³-hybridized carbons (Fsp3) is 0.444. The van der Waals surface area contributed by atoms with Crippen molar-refractivity contribution in [2.75, 3.05) is 6.54 Å². The van der Waals surface area contributed by atoms with Crippen molar-refractivity contribution in [3.8, 4) is 0 Å². The number of fused-ring (bicyclic) bond motifs is 1. The molecule has 0 bridgehead atoms. The van der Waals surface area contributed by atoms with Crippen LogP contribution in [0.3, 0.4) is 0 Å². The molecular formula is C27H36N4O2. The predicted octanol–water partition coefficient (Wildman–Crippen LogP) is 4.82. The van der Waals surface area contributed by atoms with Crippen molar-refractivity contribution < 1.29 is 9.59 Å². The number of amides is 2. The van der Waals surface area contributed by atoms with Crippen LogP contribution in [0.1, 0.15) is 63.1 Å². The number of unbranched alkanes of at least 4 members (excludes halogenated alkanes) is 2. The van der Waals surface area contributed by atoms with Crippen LogP contribution in [0, 0.1) is 0 Å². The summed E-state index contributed by atoms with van der Waals surface area (Å²) in [4.78, 5) is 32.0. The fourth-order valence-corrected chi connectivity index (χ4v) is 4.36. The quantitative estimate of drug-likeness (QED) is 0.428. The third-order valence-corrected chi connectivity index (χ3v) is 5.83. The Morgan fingerprint density at radius 3 is 2.27 bits per heavy atom. The Morgan fingerprint density at radius 1 is 0.909 bits per heavy atom. The summed E-state index contributed by atoms with van der Waals surface area (Å²) in [5, 5.41) is 2.98. The molecule has 2 amide bonds. The molecule has 0 aliphatic carbocycles. The molecule has 1 heterocycles. The van der Waals surface area contributed by atoms with Crippen molar-refractivity contribution in [1.29, 1.82) is 0 Å². The Bertz CT molecular complexity index is 1050. The van der Waals surface area contributed by atoms with Crippen molar-refractivity contribution in [3.05, 3.63) is 66.0 Å². The maximum absolute atomic E-state index is 13.1. The summed E-state index contributed by atoms with van der Waals surface area (Å²) in [6.07, 6.45) is 3.65. The molecule has 0 aliphatic heterocycles. The molecule has 176 valence electrons. The van der Waals surface area contributed by atoms with Crippen LogP contribution < -0.4 is 5.32 Å². The minimum atomic E-state index is -0.0317. The Balaban J connectivity index is 1.58. The second kappa shape index (κ2) is 11.6. The van der Waals surface area contributed by atoms with Gasteiger partial charge in [0, 0.05) is 30.6 Å². The fourth-order valence-electron chi connectivity index (χ4n) is 4.36. The number of carbonyl (C=O) groups excluding carboxylic acids is 2.